The molecule has 20 heavy (non-hydrogen) atoms. The number of benzene rings is 1. The summed E-state index contributed by atoms with van der Waals surface area (Å²) in [5.41, 5.74) is 2.32. The zero-order chi connectivity index (χ0) is 15.3. The number of nitrogens with one attached hydrogen (secondary N) is 1. The second-order valence-corrected chi connectivity index (χ2v) is 6.29. The molecular weight excluding hydrogens is 252 g/mol. The molecule has 0 bridgehead atoms. The van der Waals surface area contributed by atoms with Crippen molar-refractivity contribution >= 4 is 5.91 Å². The lowest BCUT2D eigenvalue weighted by molar-refractivity contribution is -0.121. The van der Waals surface area contributed by atoms with Gasteiger partial charge >= 0.3 is 0 Å². The Kier molecular flexibility index (Phi) is 5.57. The Bertz CT molecular complexity index is 462. The standard InChI is InChI=1S/C16H26N2O2/c1-16(2,3)13-7-8-14(20-6)12(9-13)10-17-15(19)11-18(4)5/h7-9H,10-11H2,1-6H3,(H,17,19). The molecule has 0 aliphatic heterocycles. The average molecular weight is 278 g/mol. The molecular formula is C16H26N2O2. The molecule has 0 saturated heterocycles. The number of hydrogen-bond donors (Lipinski definition) is 1. The van der Waals surface area contributed by atoms with E-state index in [1.807, 2.05) is 25.1 Å². The van der Waals surface area contributed by atoms with Gasteiger partial charge in [0.05, 0.1) is 13.7 Å². The summed E-state index contributed by atoms with van der Waals surface area (Å²) in [6.45, 7) is 7.39. The number of likely N-dealkylation sites (N-methyl/N-ethyl adjacent to an activating group) is 1. The van der Waals surface area contributed by atoms with Gasteiger partial charge in [0.25, 0.3) is 0 Å². The van der Waals surface area contributed by atoms with E-state index in [0.717, 1.165) is 11.3 Å². The summed E-state index contributed by atoms with van der Waals surface area (Å²) in [6.07, 6.45) is 0. The molecule has 112 valence electrons. The number of carbonyl (C=O) groups is 1. The van der Waals surface area contributed by atoms with E-state index in [-0.39, 0.29) is 11.3 Å². The van der Waals surface area contributed by atoms with Gasteiger partial charge in [-0.1, -0.05) is 26.8 Å². The zero-order valence-electron chi connectivity index (χ0n) is 13.4. The highest BCUT2D eigenvalue weighted by Gasteiger charge is 2.16. The Morgan fingerprint density at radius 1 is 1.30 bits per heavy atom. The van der Waals surface area contributed by atoms with Gasteiger partial charge in [-0.2, -0.15) is 0 Å². The van der Waals surface area contributed by atoms with Crippen molar-refractivity contribution in [1.29, 1.82) is 0 Å². The molecule has 0 aliphatic carbocycles. The third-order valence-corrected chi connectivity index (χ3v) is 3.08. The van der Waals surface area contributed by atoms with Crippen molar-refractivity contribution in [2.45, 2.75) is 32.7 Å². The molecule has 0 aromatic heterocycles. The van der Waals surface area contributed by atoms with E-state index in [4.69, 9.17) is 4.74 Å². The maximum Gasteiger partial charge on any atom is 0.234 e. The summed E-state index contributed by atoms with van der Waals surface area (Å²) in [4.78, 5) is 13.6. The number of ether oxygens (including phenoxy) is 1. The van der Waals surface area contributed by atoms with E-state index in [0.29, 0.717) is 13.1 Å². The summed E-state index contributed by atoms with van der Waals surface area (Å²) in [5.74, 6) is 0.821. The molecule has 0 spiro atoms. The van der Waals surface area contributed by atoms with Crippen LogP contribution in [0.2, 0.25) is 0 Å². The molecule has 0 fully saturated rings. The van der Waals surface area contributed by atoms with Crippen LogP contribution in [0.1, 0.15) is 31.9 Å². The average Bonchev–Trinajstić information content (AvgIpc) is 2.34. The predicted octanol–water partition coefficient (Wildman–Crippen LogP) is 2.17. The van der Waals surface area contributed by atoms with Crippen molar-refractivity contribution in [2.24, 2.45) is 0 Å². The SMILES string of the molecule is COc1ccc(C(C)(C)C)cc1CNC(=O)CN(C)C. The fourth-order valence-corrected chi connectivity index (χ4v) is 1.92. The van der Waals surface area contributed by atoms with Gasteiger partial charge in [-0.25, -0.2) is 0 Å². The third kappa shape index (κ3) is 4.85. The highest BCUT2D eigenvalue weighted by atomic mass is 16.5. The van der Waals surface area contributed by atoms with E-state index < -0.39 is 0 Å². The first-order chi connectivity index (χ1) is 9.24. The maximum absolute atomic E-state index is 11.7. The third-order valence-electron chi connectivity index (χ3n) is 3.08. The molecule has 1 rings (SSSR count). The highest BCUT2D eigenvalue weighted by molar-refractivity contribution is 5.78. The van der Waals surface area contributed by atoms with Crippen LogP contribution in [0.25, 0.3) is 0 Å². The molecule has 1 N–H and O–H groups in total. The number of methoxy groups -OCH3 is 1. The maximum atomic E-state index is 11.7. The van der Waals surface area contributed by atoms with Gasteiger partial charge in [-0.3, -0.25) is 4.79 Å². The molecule has 0 aliphatic rings. The van der Waals surface area contributed by atoms with Crippen molar-refractivity contribution in [3.8, 4) is 5.75 Å². The molecule has 4 heteroatoms. The van der Waals surface area contributed by atoms with Crippen LogP contribution in [-0.2, 0) is 16.8 Å². The van der Waals surface area contributed by atoms with Gasteiger partial charge in [0.15, 0.2) is 0 Å². The number of carbonyl (C=O) groups excluding carboxylic acids is 1. The van der Waals surface area contributed by atoms with Gasteiger partial charge in [0.2, 0.25) is 5.91 Å². The van der Waals surface area contributed by atoms with Crippen LogP contribution in [0.5, 0.6) is 5.75 Å². The van der Waals surface area contributed by atoms with Gasteiger partial charge in [-0.05, 0) is 37.2 Å². The number of nitrogens with zero attached hydrogens (tertiary/aromatic N) is 1. The molecule has 1 aromatic carbocycles. The first-order valence-electron chi connectivity index (χ1n) is 6.83. The van der Waals surface area contributed by atoms with E-state index in [9.17, 15) is 4.79 Å². The van der Waals surface area contributed by atoms with Crippen LogP contribution in [0.3, 0.4) is 0 Å². The fraction of sp³-hybridized carbons (Fsp3) is 0.562. The normalized spacial score (nSPS) is 11.6. The highest BCUT2D eigenvalue weighted by Crippen LogP contribution is 2.27. The van der Waals surface area contributed by atoms with E-state index in [1.54, 1.807) is 7.11 Å². The second kappa shape index (κ2) is 6.75. The Hall–Kier alpha value is -1.55. The molecule has 0 unspecified atom stereocenters. The number of rotatable bonds is 5. The first-order valence-corrected chi connectivity index (χ1v) is 6.83. The molecule has 0 atom stereocenters. The van der Waals surface area contributed by atoms with Crippen LogP contribution in [-0.4, -0.2) is 38.6 Å². The summed E-state index contributed by atoms with van der Waals surface area (Å²) >= 11 is 0. The van der Waals surface area contributed by atoms with Crippen LogP contribution >= 0.6 is 0 Å². The smallest absolute Gasteiger partial charge is 0.234 e. The van der Waals surface area contributed by atoms with E-state index >= 15 is 0 Å². The molecule has 1 aromatic rings. The Balaban J connectivity index is 2.84. The van der Waals surface area contributed by atoms with Gasteiger partial charge in [0, 0.05) is 12.1 Å². The monoisotopic (exact) mass is 278 g/mol. The zero-order valence-corrected chi connectivity index (χ0v) is 13.4. The topological polar surface area (TPSA) is 41.6 Å². The van der Waals surface area contributed by atoms with Crippen LogP contribution in [0.4, 0.5) is 0 Å². The fourth-order valence-electron chi connectivity index (χ4n) is 1.92. The molecule has 0 radical (unpaired) electrons. The van der Waals surface area contributed by atoms with Gasteiger partial charge < -0.3 is 15.0 Å². The first kappa shape index (κ1) is 16.5. The van der Waals surface area contributed by atoms with Crippen molar-refractivity contribution in [3.05, 3.63) is 29.3 Å². The minimum atomic E-state index is 0.0122. The lowest BCUT2D eigenvalue weighted by Gasteiger charge is -2.21. The summed E-state index contributed by atoms with van der Waals surface area (Å²) in [6, 6.07) is 6.15. The number of hydrogen-bond acceptors (Lipinski definition) is 3. The Morgan fingerprint density at radius 3 is 2.45 bits per heavy atom. The molecule has 0 heterocycles. The molecule has 4 nitrogen and oxygen atoms in total. The number of amides is 1. The van der Waals surface area contributed by atoms with Crippen LogP contribution in [0.15, 0.2) is 18.2 Å². The second-order valence-electron chi connectivity index (χ2n) is 6.29. The summed E-state index contributed by atoms with van der Waals surface area (Å²) in [5, 5.41) is 2.92. The van der Waals surface area contributed by atoms with E-state index in [1.165, 1.54) is 5.56 Å². The molecule has 0 saturated carbocycles. The minimum absolute atomic E-state index is 0.0122. The van der Waals surface area contributed by atoms with Crippen molar-refractivity contribution < 1.29 is 9.53 Å². The van der Waals surface area contributed by atoms with Gasteiger partial charge in [0.1, 0.15) is 5.75 Å². The summed E-state index contributed by atoms with van der Waals surface area (Å²) in [7, 11) is 5.40. The largest absolute Gasteiger partial charge is 0.496 e. The molecule has 1 amide bonds. The predicted molar refractivity (Wildman–Crippen MR) is 82.1 cm³/mol. The lowest BCUT2D eigenvalue weighted by Crippen LogP contribution is -2.33. The minimum Gasteiger partial charge on any atom is -0.496 e. The summed E-state index contributed by atoms with van der Waals surface area (Å²) < 4.78 is 5.36. The van der Waals surface area contributed by atoms with Crippen molar-refractivity contribution in [3.63, 3.8) is 0 Å². The Morgan fingerprint density at radius 2 is 1.95 bits per heavy atom. The van der Waals surface area contributed by atoms with E-state index in [2.05, 4.69) is 38.2 Å². The lowest BCUT2D eigenvalue weighted by atomic mass is 9.86. The van der Waals surface area contributed by atoms with Crippen molar-refractivity contribution in [1.82, 2.24) is 10.2 Å². The van der Waals surface area contributed by atoms with Crippen LogP contribution < -0.4 is 10.1 Å². The van der Waals surface area contributed by atoms with Crippen molar-refractivity contribution in [2.75, 3.05) is 27.7 Å². The van der Waals surface area contributed by atoms with Gasteiger partial charge in [-0.15, -0.1) is 0 Å². The Labute approximate surface area is 122 Å². The quantitative estimate of drug-likeness (QED) is 0.897. The van der Waals surface area contributed by atoms with Crippen LogP contribution in [0, 0.1) is 0 Å².